The molecule has 9 heteroatoms. The van der Waals surface area contributed by atoms with E-state index in [0.29, 0.717) is 0 Å². The number of aromatic nitrogens is 6. The van der Waals surface area contributed by atoms with Crippen LogP contribution in [0.1, 0.15) is 6.29 Å². The van der Waals surface area contributed by atoms with Gasteiger partial charge in [-0.1, -0.05) is 91.0 Å². The Hall–Kier alpha value is -3.61. The molecule has 185 valence electrons. The first-order valence-electron chi connectivity index (χ1n) is 11.5. The molecule has 6 aromatic rings. The van der Waals surface area contributed by atoms with Crippen molar-refractivity contribution in [1.82, 2.24) is 29.3 Å². The molecule has 37 heavy (non-hydrogen) atoms. The Labute approximate surface area is 229 Å². The molecule has 0 amide bonds. The number of benzene rings is 3. The van der Waals surface area contributed by atoms with Crippen LogP contribution < -0.4 is 0 Å². The van der Waals surface area contributed by atoms with Gasteiger partial charge in [0.25, 0.3) is 0 Å². The zero-order valence-electron chi connectivity index (χ0n) is 19.5. The van der Waals surface area contributed by atoms with Crippen LogP contribution in [0.25, 0.3) is 33.8 Å². The van der Waals surface area contributed by atoms with Crippen molar-refractivity contribution in [2.75, 3.05) is 0 Å². The van der Waals surface area contributed by atoms with E-state index in [0.717, 1.165) is 33.8 Å². The molecule has 0 saturated carbocycles. The van der Waals surface area contributed by atoms with Crippen molar-refractivity contribution in [2.24, 2.45) is 0 Å². The summed E-state index contributed by atoms with van der Waals surface area (Å²) < 4.78 is 5.68. The van der Waals surface area contributed by atoms with Crippen molar-refractivity contribution in [2.45, 2.75) is 6.29 Å². The summed E-state index contributed by atoms with van der Waals surface area (Å²) in [4.78, 5) is 0. The van der Waals surface area contributed by atoms with Gasteiger partial charge in [-0.2, -0.15) is 15.3 Å². The van der Waals surface area contributed by atoms with Crippen LogP contribution in [0.5, 0.6) is 0 Å². The fraction of sp³-hybridized carbons (Fsp3) is 0.0357. The minimum atomic E-state index is -0.396. The van der Waals surface area contributed by atoms with Gasteiger partial charge < -0.3 is 0 Å². The van der Waals surface area contributed by atoms with Crippen LogP contribution in [0, 0.1) is 0 Å². The predicted octanol–water partition coefficient (Wildman–Crippen LogP) is 7.21. The molecule has 3 heterocycles. The molecule has 0 N–H and O–H groups in total. The molecule has 0 bridgehead atoms. The van der Waals surface area contributed by atoms with Gasteiger partial charge in [-0.05, 0) is 18.2 Å². The molecule has 0 aliphatic rings. The summed E-state index contributed by atoms with van der Waals surface area (Å²) in [5.74, 6) is 0. The Bertz CT molecular complexity index is 1350. The van der Waals surface area contributed by atoms with Crippen molar-refractivity contribution < 1.29 is 13.1 Å². The van der Waals surface area contributed by atoms with E-state index in [1.54, 1.807) is 0 Å². The zero-order valence-corrected chi connectivity index (χ0v) is 22.2. The number of halogens is 2. The van der Waals surface area contributed by atoms with E-state index in [4.69, 9.17) is 35.5 Å². The number of rotatable bonds is 6. The second-order valence-corrected chi connectivity index (χ2v) is 9.99. The average molecular weight is 568 g/mol. The van der Waals surface area contributed by atoms with Crippen LogP contribution in [0.4, 0.5) is 0 Å². The van der Waals surface area contributed by atoms with Gasteiger partial charge in [-0.25, -0.2) is 14.0 Å². The monoisotopic (exact) mass is 567 g/mol. The SMILES string of the molecule is [Cl][Mn][Cl].c1ccc(-c2ccn(C(n3ccc(-c4ccccc4)n3)n3ccc(-c4ccccc4)n3)n2)cc1. The Morgan fingerprint density at radius 3 is 1.00 bits per heavy atom. The van der Waals surface area contributed by atoms with Gasteiger partial charge in [-0.3, -0.25) is 0 Å². The molecule has 3 aromatic heterocycles. The van der Waals surface area contributed by atoms with E-state index >= 15 is 0 Å². The maximum absolute atomic E-state index is 4.89. The molecule has 0 fully saturated rings. The zero-order chi connectivity index (χ0) is 25.5. The van der Waals surface area contributed by atoms with E-state index in [-0.39, 0.29) is 13.1 Å². The Morgan fingerprint density at radius 1 is 0.459 bits per heavy atom. The van der Waals surface area contributed by atoms with Gasteiger partial charge in [0.1, 0.15) is 0 Å². The predicted molar refractivity (Wildman–Crippen MR) is 145 cm³/mol. The van der Waals surface area contributed by atoms with Gasteiger partial charge in [0.2, 0.25) is 6.29 Å². The topological polar surface area (TPSA) is 53.5 Å². The summed E-state index contributed by atoms with van der Waals surface area (Å²) in [7, 11) is 9.59. The van der Waals surface area contributed by atoms with Gasteiger partial charge >= 0.3 is 33.3 Å². The minimum Gasteiger partial charge on any atom is -0.227 e. The maximum Gasteiger partial charge on any atom is 0.238 e. The fourth-order valence-electron chi connectivity index (χ4n) is 4.05. The molecular formula is C28H22Cl2MnN6. The van der Waals surface area contributed by atoms with Gasteiger partial charge in [0.05, 0.1) is 17.1 Å². The molecule has 6 rings (SSSR count). The van der Waals surface area contributed by atoms with Gasteiger partial charge in [0, 0.05) is 35.3 Å². The maximum atomic E-state index is 4.89. The third-order valence-corrected chi connectivity index (χ3v) is 5.74. The number of nitrogens with zero attached hydrogens (tertiary/aromatic N) is 6. The molecule has 0 unspecified atom stereocenters. The minimum absolute atomic E-state index is 0.00694. The third-order valence-electron chi connectivity index (χ3n) is 5.74. The number of hydrogen-bond donors (Lipinski definition) is 0. The molecular weight excluding hydrogens is 546 g/mol. The van der Waals surface area contributed by atoms with E-state index in [2.05, 4.69) is 36.4 Å². The van der Waals surface area contributed by atoms with E-state index in [1.807, 2.05) is 105 Å². The normalized spacial score (nSPS) is 10.8. The standard InChI is InChI=1S/C28H22N6.2ClH.Mn/c1-4-10-22(11-5-1)25-16-19-32(29-25)28(33-20-17-26(30-33)23-12-6-2-7-13-23)34-21-18-27(31-34)24-14-8-3-9-15-24;;;/h1-21,28H;2*1H;/q;;;+2/p-2. The Morgan fingerprint density at radius 2 is 0.730 bits per heavy atom. The Kier molecular flexibility index (Phi) is 8.18. The van der Waals surface area contributed by atoms with Crippen molar-refractivity contribution in [3.05, 3.63) is 128 Å². The van der Waals surface area contributed by atoms with Crippen LogP contribution in [-0.4, -0.2) is 29.3 Å². The number of hydrogen-bond acceptors (Lipinski definition) is 3. The summed E-state index contributed by atoms with van der Waals surface area (Å²) in [5.41, 5.74) is 5.90. The van der Waals surface area contributed by atoms with Crippen molar-refractivity contribution in [3.63, 3.8) is 0 Å². The van der Waals surface area contributed by atoms with Crippen LogP contribution in [0.15, 0.2) is 128 Å². The molecule has 0 saturated heterocycles. The fourth-order valence-corrected chi connectivity index (χ4v) is 4.05. The average Bonchev–Trinajstić information content (AvgIpc) is 3.73. The summed E-state index contributed by atoms with van der Waals surface area (Å²) >= 11 is 0.00694. The molecule has 0 aliphatic carbocycles. The van der Waals surface area contributed by atoms with E-state index in [1.165, 1.54) is 0 Å². The second kappa shape index (κ2) is 12.1. The summed E-state index contributed by atoms with van der Waals surface area (Å²) in [6, 6.07) is 36.6. The van der Waals surface area contributed by atoms with E-state index < -0.39 is 6.29 Å². The summed E-state index contributed by atoms with van der Waals surface area (Å²) in [6.45, 7) is 0. The van der Waals surface area contributed by atoms with Crippen LogP contribution in [0.3, 0.4) is 0 Å². The molecule has 0 radical (unpaired) electrons. The molecule has 0 spiro atoms. The van der Waals surface area contributed by atoms with Gasteiger partial charge in [-0.15, -0.1) is 0 Å². The van der Waals surface area contributed by atoms with Crippen LogP contribution in [0.2, 0.25) is 0 Å². The van der Waals surface area contributed by atoms with Crippen LogP contribution >= 0.6 is 20.2 Å². The summed E-state index contributed by atoms with van der Waals surface area (Å²) in [5, 5.41) is 14.7. The smallest absolute Gasteiger partial charge is 0.227 e. The first kappa shape index (κ1) is 25.1. The third kappa shape index (κ3) is 5.87. The van der Waals surface area contributed by atoms with Crippen molar-refractivity contribution in [3.8, 4) is 33.8 Å². The van der Waals surface area contributed by atoms with Crippen molar-refractivity contribution in [1.29, 1.82) is 0 Å². The largest absolute Gasteiger partial charge is 0.238 e. The molecule has 0 aliphatic heterocycles. The quantitative estimate of drug-likeness (QED) is 0.200. The van der Waals surface area contributed by atoms with E-state index in [9.17, 15) is 0 Å². The molecule has 3 aromatic carbocycles. The molecule has 6 nitrogen and oxygen atoms in total. The molecule has 0 atom stereocenters. The second-order valence-electron chi connectivity index (χ2n) is 8.04. The van der Waals surface area contributed by atoms with Crippen molar-refractivity contribution >= 4 is 20.2 Å². The first-order valence-corrected chi connectivity index (χ1v) is 14.7. The summed E-state index contributed by atoms with van der Waals surface area (Å²) in [6.07, 6.45) is 5.52. The van der Waals surface area contributed by atoms with Gasteiger partial charge in [0.15, 0.2) is 0 Å². The Balaban J connectivity index is 0.000000892. The first-order chi connectivity index (χ1) is 18.3. The van der Waals surface area contributed by atoms with Crippen LogP contribution in [-0.2, 0) is 13.1 Å².